The van der Waals surface area contributed by atoms with Crippen molar-refractivity contribution in [1.29, 1.82) is 0 Å². The van der Waals surface area contributed by atoms with E-state index in [2.05, 4.69) is 15.5 Å². The number of anilines is 1. The number of nitrogens with one attached hydrogen (secondary N) is 1. The highest BCUT2D eigenvalue weighted by atomic mass is 35.5. The minimum atomic E-state index is -0.293. The molecule has 0 bridgehead atoms. The van der Waals surface area contributed by atoms with Crippen LogP contribution in [0, 0.1) is 0 Å². The van der Waals surface area contributed by atoms with Crippen molar-refractivity contribution in [2.24, 2.45) is 0 Å². The first-order valence-corrected chi connectivity index (χ1v) is 9.88. The molecule has 1 heterocycles. The summed E-state index contributed by atoms with van der Waals surface area (Å²) in [5.74, 6) is 6.15. The van der Waals surface area contributed by atoms with E-state index in [0.29, 0.717) is 42.3 Å². The molecule has 0 radical (unpaired) electrons. The van der Waals surface area contributed by atoms with Crippen molar-refractivity contribution in [1.82, 2.24) is 14.9 Å². The third-order valence-electron chi connectivity index (χ3n) is 3.37. The molecule has 140 valence electrons. The van der Waals surface area contributed by atoms with Crippen LogP contribution in [0.15, 0.2) is 41.6 Å². The molecule has 0 spiro atoms. The van der Waals surface area contributed by atoms with E-state index in [4.69, 9.17) is 52.2 Å². The Balaban J connectivity index is 1.69. The molecule has 0 atom stereocenters. The van der Waals surface area contributed by atoms with Crippen LogP contribution < -0.4 is 11.2 Å². The van der Waals surface area contributed by atoms with Gasteiger partial charge in [0.1, 0.15) is 0 Å². The third-order valence-corrected chi connectivity index (χ3v) is 5.43. The Labute approximate surface area is 178 Å². The van der Waals surface area contributed by atoms with Crippen LogP contribution in [-0.2, 0) is 4.79 Å². The highest BCUT2D eigenvalue weighted by Gasteiger charge is 2.16. The van der Waals surface area contributed by atoms with Gasteiger partial charge in [0.25, 0.3) is 0 Å². The lowest BCUT2D eigenvalue weighted by Crippen LogP contribution is -2.16. The topological polar surface area (TPSA) is 85.8 Å². The first-order valence-electron chi connectivity index (χ1n) is 7.39. The second-order valence-corrected chi connectivity index (χ2v) is 7.89. The summed E-state index contributed by atoms with van der Waals surface area (Å²) in [5.41, 5.74) is 1.01. The number of thioether (sulfide) groups is 1. The minimum absolute atomic E-state index is 0.0481. The van der Waals surface area contributed by atoms with Crippen LogP contribution in [0.4, 0.5) is 5.69 Å². The number of hydrogen-bond acceptors (Lipinski definition) is 5. The van der Waals surface area contributed by atoms with Gasteiger partial charge < -0.3 is 11.2 Å². The molecule has 6 nitrogen and oxygen atoms in total. The average Bonchev–Trinajstić information content (AvgIpc) is 2.97. The van der Waals surface area contributed by atoms with Gasteiger partial charge in [0.2, 0.25) is 11.1 Å². The Morgan fingerprint density at radius 2 is 1.74 bits per heavy atom. The first-order chi connectivity index (χ1) is 12.8. The number of rotatable bonds is 5. The molecule has 3 aromatic rings. The summed E-state index contributed by atoms with van der Waals surface area (Å²) in [4.78, 5) is 12.2. The molecule has 0 aliphatic carbocycles. The molecule has 27 heavy (non-hydrogen) atoms. The summed E-state index contributed by atoms with van der Waals surface area (Å²) in [5, 5.41) is 12.8. The van der Waals surface area contributed by atoms with Crippen molar-refractivity contribution in [3.63, 3.8) is 0 Å². The fourth-order valence-electron chi connectivity index (χ4n) is 2.14. The van der Waals surface area contributed by atoms with Gasteiger partial charge in [-0.2, -0.15) is 0 Å². The summed E-state index contributed by atoms with van der Waals surface area (Å²) in [6, 6.07) is 9.76. The van der Waals surface area contributed by atoms with Crippen molar-refractivity contribution in [2.75, 3.05) is 16.9 Å². The predicted octanol–water partition coefficient (Wildman–Crippen LogP) is 5.00. The van der Waals surface area contributed by atoms with Gasteiger partial charge in [-0.15, -0.1) is 10.2 Å². The van der Waals surface area contributed by atoms with Gasteiger partial charge in [0, 0.05) is 15.6 Å². The van der Waals surface area contributed by atoms with Gasteiger partial charge in [-0.25, -0.2) is 4.68 Å². The van der Waals surface area contributed by atoms with E-state index in [0.717, 1.165) is 11.8 Å². The molecule has 0 saturated heterocycles. The number of aromatic nitrogens is 3. The third kappa shape index (κ3) is 4.80. The number of benzene rings is 2. The Morgan fingerprint density at radius 1 is 1.04 bits per heavy atom. The number of nitrogen functional groups attached to an aromatic ring is 1. The Kier molecular flexibility index (Phi) is 6.39. The van der Waals surface area contributed by atoms with E-state index in [9.17, 15) is 4.79 Å². The molecule has 3 N–H and O–H groups in total. The molecular weight excluding hydrogens is 452 g/mol. The normalized spacial score (nSPS) is 10.8. The number of carbonyl (C=O) groups excluding carboxylic acids is 1. The lowest BCUT2D eigenvalue weighted by molar-refractivity contribution is -0.113. The maximum atomic E-state index is 12.2. The van der Waals surface area contributed by atoms with E-state index in [1.54, 1.807) is 36.4 Å². The molecule has 11 heteroatoms. The van der Waals surface area contributed by atoms with Crippen molar-refractivity contribution in [2.45, 2.75) is 5.16 Å². The van der Waals surface area contributed by atoms with Crippen molar-refractivity contribution >= 4 is 69.8 Å². The quantitative estimate of drug-likeness (QED) is 0.411. The molecule has 2 aromatic carbocycles. The summed E-state index contributed by atoms with van der Waals surface area (Å²) in [6.45, 7) is 0. The van der Waals surface area contributed by atoms with Crippen LogP contribution in [0.1, 0.15) is 0 Å². The van der Waals surface area contributed by atoms with E-state index in [1.807, 2.05) is 0 Å². The predicted molar refractivity (Wildman–Crippen MR) is 111 cm³/mol. The zero-order chi connectivity index (χ0) is 19.6. The lowest BCUT2D eigenvalue weighted by atomic mass is 10.2. The van der Waals surface area contributed by atoms with Crippen molar-refractivity contribution in [3.05, 3.63) is 56.5 Å². The van der Waals surface area contributed by atoms with Crippen LogP contribution in [0.3, 0.4) is 0 Å². The van der Waals surface area contributed by atoms with Gasteiger partial charge in [0.05, 0.1) is 21.5 Å². The molecular formula is C16H11Cl4N5OS. The number of nitrogens with two attached hydrogens (primary N) is 1. The van der Waals surface area contributed by atoms with E-state index >= 15 is 0 Å². The monoisotopic (exact) mass is 461 g/mol. The molecule has 0 unspecified atom stereocenters. The van der Waals surface area contributed by atoms with Crippen LogP contribution >= 0.6 is 58.2 Å². The fraction of sp³-hybridized carbons (Fsp3) is 0.0625. The highest BCUT2D eigenvalue weighted by molar-refractivity contribution is 7.99. The zero-order valence-electron chi connectivity index (χ0n) is 13.4. The number of carbonyl (C=O) groups is 1. The number of hydrogen-bond donors (Lipinski definition) is 2. The van der Waals surface area contributed by atoms with Crippen LogP contribution in [-0.4, -0.2) is 26.5 Å². The summed E-state index contributed by atoms with van der Waals surface area (Å²) >= 11 is 25.1. The molecule has 1 aromatic heterocycles. The van der Waals surface area contributed by atoms with Gasteiger partial charge >= 0.3 is 0 Å². The maximum absolute atomic E-state index is 12.2. The molecule has 0 fully saturated rings. The molecule has 3 rings (SSSR count). The van der Waals surface area contributed by atoms with Crippen molar-refractivity contribution < 1.29 is 4.79 Å². The molecule has 0 saturated carbocycles. The second kappa shape index (κ2) is 8.58. The van der Waals surface area contributed by atoms with E-state index in [1.165, 1.54) is 4.68 Å². The molecule has 1 amide bonds. The van der Waals surface area contributed by atoms with Crippen LogP contribution in [0.25, 0.3) is 11.4 Å². The van der Waals surface area contributed by atoms with Gasteiger partial charge in [-0.05, 0) is 36.4 Å². The van der Waals surface area contributed by atoms with E-state index < -0.39 is 0 Å². The second-order valence-electron chi connectivity index (χ2n) is 5.26. The zero-order valence-corrected chi connectivity index (χ0v) is 17.3. The minimum Gasteiger partial charge on any atom is -0.335 e. The highest BCUT2D eigenvalue weighted by Crippen LogP contribution is 2.30. The number of halogens is 4. The van der Waals surface area contributed by atoms with Crippen LogP contribution in [0.2, 0.25) is 20.1 Å². The fourth-order valence-corrected chi connectivity index (χ4v) is 3.63. The van der Waals surface area contributed by atoms with Crippen molar-refractivity contribution in [3.8, 4) is 11.4 Å². The van der Waals surface area contributed by atoms with Gasteiger partial charge in [-0.3, -0.25) is 4.79 Å². The Bertz CT molecular complexity index is 1010. The largest absolute Gasteiger partial charge is 0.335 e. The smallest absolute Gasteiger partial charge is 0.234 e. The standard InChI is InChI=1S/C16H11Cl4N5OS/c17-8-1-3-10(12(20)5-8)15-23-24-16(25(15)21)27-7-14(26)22-13-6-9(18)2-4-11(13)19/h1-6H,7,21H2,(H,22,26). The van der Waals surface area contributed by atoms with E-state index in [-0.39, 0.29) is 11.7 Å². The Hall–Kier alpha value is -1.64. The van der Waals surface area contributed by atoms with Gasteiger partial charge in [-0.1, -0.05) is 58.2 Å². The SMILES string of the molecule is Nn1c(SCC(=O)Nc2cc(Cl)ccc2Cl)nnc1-c1ccc(Cl)cc1Cl. The Morgan fingerprint density at radius 3 is 2.48 bits per heavy atom. The first kappa shape index (κ1) is 20.1. The maximum Gasteiger partial charge on any atom is 0.234 e. The molecule has 0 aliphatic rings. The van der Waals surface area contributed by atoms with Crippen LogP contribution in [0.5, 0.6) is 0 Å². The molecule has 0 aliphatic heterocycles. The number of nitrogens with zero attached hydrogens (tertiary/aromatic N) is 3. The summed E-state index contributed by atoms with van der Waals surface area (Å²) < 4.78 is 1.26. The lowest BCUT2D eigenvalue weighted by Gasteiger charge is -2.08. The average molecular weight is 463 g/mol. The van der Waals surface area contributed by atoms with Gasteiger partial charge in [0.15, 0.2) is 5.82 Å². The summed E-state index contributed by atoms with van der Waals surface area (Å²) in [6.07, 6.45) is 0. The summed E-state index contributed by atoms with van der Waals surface area (Å²) in [7, 11) is 0. The number of amides is 1.